The number of pyridine rings is 1. The predicted octanol–water partition coefficient (Wildman–Crippen LogP) is 3.54. The van der Waals surface area contributed by atoms with Crippen LogP contribution in [-0.2, 0) is 12.8 Å². The second kappa shape index (κ2) is 7.66. The lowest BCUT2D eigenvalue weighted by atomic mass is 10.0. The summed E-state index contributed by atoms with van der Waals surface area (Å²) in [6.07, 6.45) is 2.91. The zero-order valence-corrected chi connectivity index (χ0v) is 15.3. The quantitative estimate of drug-likeness (QED) is 0.682. The molecule has 3 aromatic rings. The van der Waals surface area contributed by atoms with Gasteiger partial charge >= 0.3 is 0 Å². The highest BCUT2D eigenvalue weighted by Gasteiger charge is 2.23. The number of aryl methyl sites for hydroxylation is 1. The third-order valence-corrected chi connectivity index (χ3v) is 4.84. The van der Waals surface area contributed by atoms with Gasteiger partial charge in [-0.2, -0.15) is 0 Å². The number of carbonyl (C=O) groups is 1. The molecule has 0 saturated heterocycles. The van der Waals surface area contributed by atoms with Crippen molar-refractivity contribution in [1.82, 2.24) is 10.3 Å². The fraction of sp³-hybridized carbons (Fsp3) is 0.273. The van der Waals surface area contributed by atoms with E-state index >= 15 is 0 Å². The van der Waals surface area contributed by atoms with Crippen LogP contribution in [0.25, 0.3) is 10.9 Å². The van der Waals surface area contributed by atoms with Crippen LogP contribution in [-0.4, -0.2) is 31.2 Å². The largest absolute Gasteiger partial charge is 0.497 e. The Morgan fingerprint density at radius 3 is 2.85 bits per heavy atom. The molecule has 138 valence electrons. The number of carbonyl (C=O) groups excluding carboxylic acids is 1. The number of hydrogen-bond acceptors (Lipinski definition) is 4. The molecule has 0 saturated carbocycles. The van der Waals surface area contributed by atoms with Crippen LogP contribution in [0.3, 0.4) is 0 Å². The van der Waals surface area contributed by atoms with Gasteiger partial charge in [-0.25, -0.2) is 0 Å². The average molecular weight is 362 g/mol. The molecule has 0 atom stereocenters. The zero-order valence-electron chi connectivity index (χ0n) is 15.3. The summed E-state index contributed by atoms with van der Waals surface area (Å²) in [4.78, 5) is 17.7. The lowest BCUT2D eigenvalue weighted by Crippen LogP contribution is -2.29. The number of nitrogens with zero attached hydrogens (tertiary/aromatic N) is 1. The van der Waals surface area contributed by atoms with Crippen molar-refractivity contribution >= 4 is 16.8 Å². The van der Waals surface area contributed by atoms with Crippen LogP contribution in [0, 0.1) is 0 Å². The number of para-hydroxylation sites is 1. The molecule has 0 spiro atoms. The van der Waals surface area contributed by atoms with E-state index in [0.717, 1.165) is 58.5 Å². The standard InChI is InChI=1S/C22H22N2O3/c1-26-15-6-4-7-16(14-15)27-13-12-23-22(25)21-17-8-2-3-10-19(17)24-20-11-5-9-18(20)21/h2-4,6-8,10,14H,5,9,11-13H2,1H3,(H,23,25). The van der Waals surface area contributed by atoms with Crippen molar-refractivity contribution in [3.8, 4) is 11.5 Å². The highest BCUT2D eigenvalue weighted by Crippen LogP contribution is 2.29. The fourth-order valence-electron chi connectivity index (χ4n) is 3.58. The number of fused-ring (bicyclic) bond motifs is 2. The molecule has 4 rings (SSSR count). The van der Waals surface area contributed by atoms with E-state index in [0.29, 0.717) is 13.2 Å². The summed E-state index contributed by atoms with van der Waals surface area (Å²) in [5.41, 5.74) is 3.82. The number of nitrogens with one attached hydrogen (secondary N) is 1. The SMILES string of the molecule is COc1cccc(OCCNC(=O)c2c3c(nc4ccccc24)CCC3)c1. The van der Waals surface area contributed by atoms with Crippen LogP contribution in [0.2, 0.25) is 0 Å². The van der Waals surface area contributed by atoms with Crippen molar-refractivity contribution in [3.63, 3.8) is 0 Å². The Hall–Kier alpha value is -3.08. The minimum atomic E-state index is -0.0546. The molecule has 1 amide bonds. The second-order valence-corrected chi connectivity index (χ2v) is 6.57. The monoisotopic (exact) mass is 362 g/mol. The summed E-state index contributed by atoms with van der Waals surface area (Å²) in [5, 5.41) is 3.92. The molecule has 0 bridgehead atoms. The Bertz CT molecular complexity index is 984. The smallest absolute Gasteiger partial charge is 0.252 e. The molecule has 2 aromatic carbocycles. The van der Waals surface area contributed by atoms with E-state index in [1.165, 1.54) is 0 Å². The first-order valence-corrected chi connectivity index (χ1v) is 9.22. The van der Waals surface area contributed by atoms with Crippen LogP contribution in [0.1, 0.15) is 28.0 Å². The topological polar surface area (TPSA) is 60.5 Å². The average Bonchev–Trinajstić information content (AvgIpc) is 3.17. The van der Waals surface area contributed by atoms with Gasteiger partial charge < -0.3 is 14.8 Å². The lowest BCUT2D eigenvalue weighted by molar-refractivity contribution is 0.0947. The molecule has 1 aromatic heterocycles. The van der Waals surface area contributed by atoms with Crippen LogP contribution in [0.15, 0.2) is 48.5 Å². The predicted molar refractivity (Wildman–Crippen MR) is 105 cm³/mol. The van der Waals surface area contributed by atoms with Crippen molar-refractivity contribution in [2.45, 2.75) is 19.3 Å². The van der Waals surface area contributed by atoms with Crippen molar-refractivity contribution in [1.29, 1.82) is 0 Å². The molecule has 1 heterocycles. The summed E-state index contributed by atoms with van der Waals surface area (Å²) in [5.74, 6) is 1.41. The molecular weight excluding hydrogens is 340 g/mol. The van der Waals surface area contributed by atoms with E-state index in [4.69, 9.17) is 14.5 Å². The maximum Gasteiger partial charge on any atom is 0.252 e. The number of amides is 1. The number of rotatable bonds is 6. The minimum absolute atomic E-state index is 0.0546. The Kier molecular flexibility index (Phi) is 4.92. The van der Waals surface area contributed by atoms with E-state index in [1.807, 2.05) is 48.5 Å². The van der Waals surface area contributed by atoms with Gasteiger partial charge in [0.05, 0.1) is 24.7 Å². The second-order valence-electron chi connectivity index (χ2n) is 6.57. The maximum atomic E-state index is 12.9. The van der Waals surface area contributed by atoms with Gasteiger partial charge in [-0.05, 0) is 43.0 Å². The fourth-order valence-corrected chi connectivity index (χ4v) is 3.58. The van der Waals surface area contributed by atoms with Gasteiger partial charge in [0.15, 0.2) is 0 Å². The molecule has 1 N–H and O–H groups in total. The zero-order chi connectivity index (χ0) is 18.6. The molecule has 1 aliphatic carbocycles. The van der Waals surface area contributed by atoms with Crippen LogP contribution < -0.4 is 14.8 Å². The van der Waals surface area contributed by atoms with E-state index in [2.05, 4.69) is 5.32 Å². The molecule has 0 fully saturated rings. The molecule has 0 unspecified atom stereocenters. The number of aromatic nitrogens is 1. The van der Waals surface area contributed by atoms with Gasteiger partial charge in [0.25, 0.3) is 5.91 Å². The molecule has 0 aliphatic heterocycles. The molecular formula is C22H22N2O3. The highest BCUT2D eigenvalue weighted by molar-refractivity contribution is 6.07. The molecule has 27 heavy (non-hydrogen) atoms. The summed E-state index contributed by atoms with van der Waals surface area (Å²) < 4.78 is 10.9. The van der Waals surface area contributed by atoms with Gasteiger partial charge in [-0.3, -0.25) is 9.78 Å². The maximum absolute atomic E-state index is 12.9. The Morgan fingerprint density at radius 2 is 1.96 bits per heavy atom. The first-order chi connectivity index (χ1) is 13.3. The van der Waals surface area contributed by atoms with Gasteiger partial charge in [0.2, 0.25) is 0 Å². The van der Waals surface area contributed by atoms with Gasteiger partial charge in [-0.15, -0.1) is 0 Å². The molecule has 5 nitrogen and oxygen atoms in total. The van der Waals surface area contributed by atoms with Crippen molar-refractivity contribution in [2.24, 2.45) is 0 Å². The van der Waals surface area contributed by atoms with E-state index < -0.39 is 0 Å². The summed E-state index contributed by atoms with van der Waals surface area (Å²) in [6, 6.07) is 15.3. The van der Waals surface area contributed by atoms with Gasteiger partial charge in [0.1, 0.15) is 18.1 Å². The number of hydrogen-bond donors (Lipinski definition) is 1. The van der Waals surface area contributed by atoms with Crippen molar-refractivity contribution in [3.05, 3.63) is 65.4 Å². The van der Waals surface area contributed by atoms with Crippen molar-refractivity contribution < 1.29 is 14.3 Å². The van der Waals surface area contributed by atoms with Crippen LogP contribution >= 0.6 is 0 Å². The normalized spacial score (nSPS) is 12.6. The Morgan fingerprint density at radius 1 is 1.11 bits per heavy atom. The minimum Gasteiger partial charge on any atom is -0.497 e. The van der Waals surface area contributed by atoms with Crippen molar-refractivity contribution in [2.75, 3.05) is 20.3 Å². The van der Waals surface area contributed by atoms with Crippen LogP contribution in [0.5, 0.6) is 11.5 Å². The summed E-state index contributed by atoms with van der Waals surface area (Å²) in [7, 11) is 1.62. The third-order valence-electron chi connectivity index (χ3n) is 4.84. The number of ether oxygens (including phenoxy) is 2. The number of methoxy groups -OCH3 is 1. The van der Waals surface area contributed by atoms with E-state index in [9.17, 15) is 4.79 Å². The van der Waals surface area contributed by atoms with E-state index in [1.54, 1.807) is 7.11 Å². The van der Waals surface area contributed by atoms with Crippen LogP contribution in [0.4, 0.5) is 0 Å². The van der Waals surface area contributed by atoms with E-state index in [-0.39, 0.29) is 5.91 Å². The molecule has 5 heteroatoms. The molecule has 0 radical (unpaired) electrons. The first-order valence-electron chi connectivity index (χ1n) is 9.22. The lowest BCUT2D eigenvalue weighted by Gasteiger charge is -2.13. The highest BCUT2D eigenvalue weighted by atomic mass is 16.5. The Labute approximate surface area is 158 Å². The third kappa shape index (κ3) is 3.58. The summed E-state index contributed by atoms with van der Waals surface area (Å²) in [6.45, 7) is 0.825. The van der Waals surface area contributed by atoms with Gasteiger partial charge in [-0.1, -0.05) is 24.3 Å². The van der Waals surface area contributed by atoms with Gasteiger partial charge in [0, 0.05) is 17.1 Å². The first kappa shape index (κ1) is 17.3. The Balaban J connectivity index is 1.46. The number of benzene rings is 2. The summed E-state index contributed by atoms with van der Waals surface area (Å²) >= 11 is 0. The molecule has 1 aliphatic rings.